The average Bonchev–Trinajstić information content (AvgIpc) is 3.09. The normalized spacial score (nSPS) is 10.8. The van der Waals surface area contributed by atoms with E-state index in [9.17, 15) is 14.9 Å². The van der Waals surface area contributed by atoms with Crippen LogP contribution in [0, 0.1) is 25.2 Å². The van der Waals surface area contributed by atoms with E-state index in [0.29, 0.717) is 33.2 Å². The summed E-state index contributed by atoms with van der Waals surface area (Å²) in [5.74, 6) is -0.201. The number of aryl methyl sites for hydroxylation is 2. The number of nitrogens with one attached hydrogen (secondary N) is 1. The number of thioether (sulfide) groups is 1. The molecule has 0 spiro atoms. The van der Waals surface area contributed by atoms with E-state index in [2.05, 4.69) is 11.4 Å². The Morgan fingerprint density at radius 3 is 2.62 bits per heavy atom. The van der Waals surface area contributed by atoms with Gasteiger partial charge < -0.3 is 5.32 Å². The summed E-state index contributed by atoms with van der Waals surface area (Å²) in [5, 5.41) is 13.1. The lowest BCUT2D eigenvalue weighted by Gasteiger charge is -2.13. The van der Waals surface area contributed by atoms with Gasteiger partial charge in [-0.3, -0.25) is 14.2 Å². The highest BCUT2D eigenvalue weighted by atomic mass is 32.2. The van der Waals surface area contributed by atoms with Crippen molar-refractivity contribution in [1.29, 1.82) is 5.26 Å². The first kappa shape index (κ1) is 21.8. The molecule has 0 atom stereocenters. The Bertz CT molecular complexity index is 1400. The Morgan fingerprint density at radius 2 is 1.88 bits per heavy atom. The molecule has 0 bridgehead atoms. The van der Waals surface area contributed by atoms with Crippen LogP contribution in [-0.4, -0.2) is 21.2 Å². The fraction of sp³-hybridized carbons (Fsp3) is 0.167. The number of thiophene rings is 1. The summed E-state index contributed by atoms with van der Waals surface area (Å²) in [4.78, 5) is 32.4. The predicted molar refractivity (Wildman–Crippen MR) is 129 cm³/mol. The standard InChI is InChI=1S/C24H20N4O2S2/c1-15-16(2)32-22-21(15)23(30)28(13-17-8-4-3-5-9-17)24(27-22)31-14-20(29)26-19-11-7-6-10-18(19)12-25/h3-11H,13-14H2,1-2H3,(H,26,29). The molecule has 0 saturated carbocycles. The van der Waals surface area contributed by atoms with Crippen molar-refractivity contribution in [2.24, 2.45) is 0 Å². The van der Waals surface area contributed by atoms with Gasteiger partial charge in [0.2, 0.25) is 5.91 Å². The van der Waals surface area contributed by atoms with E-state index in [1.54, 1.807) is 28.8 Å². The van der Waals surface area contributed by atoms with Gasteiger partial charge >= 0.3 is 0 Å². The summed E-state index contributed by atoms with van der Waals surface area (Å²) in [6, 6.07) is 18.6. The molecule has 0 saturated heterocycles. The zero-order valence-corrected chi connectivity index (χ0v) is 19.2. The van der Waals surface area contributed by atoms with Crippen molar-refractivity contribution >= 4 is 44.9 Å². The van der Waals surface area contributed by atoms with Gasteiger partial charge in [-0.05, 0) is 37.1 Å². The molecule has 160 valence electrons. The molecule has 2 heterocycles. The van der Waals surface area contributed by atoms with Gasteiger partial charge in [-0.2, -0.15) is 5.26 Å². The molecule has 1 amide bonds. The monoisotopic (exact) mass is 460 g/mol. The highest BCUT2D eigenvalue weighted by Gasteiger charge is 2.18. The van der Waals surface area contributed by atoms with Crippen LogP contribution in [0.15, 0.2) is 64.5 Å². The van der Waals surface area contributed by atoms with Crippen LogP contribution in [0.1, 0.15) is 21.6 Å². The molecule has 6 nitrogen and oxygen atoms in total. The van der Waals surface area contributed by atoms with Gasteiger partial charge in [0.1, 0.15) is 10.9 Å². The van der Waals surface area contributed by atoms with Crippen molar-refractivity contribution in [3.63, 3.8) is 0 Å². The zero-order valence-electron chi connectivity index (χ0n) is 17.6. The molecule has 8 heteroatoms. The number of nitriles is 1. The molecule has 0 aliphatic carbocycles. The van der Waals surface area contributed by atoms with Crippen LogP contribution in [0.2, 0.25) is 0 Å². The lowest BCUT2D eigenvalue weighted by molar-refractivity contribution is -0.113. The molecule has 2 aromatic carbocycles. The van der Waals surface area contributed by atoms with E-state index >= 15 is 0 Å². The Kier molecular flexibility index (Phi) is 6.40. The molecular weight excluding hydrogens is 440 g/mol. The van der Waals surface area contributed by atoms with Gasteiger partial charge in [0.15, 0.2) is 5.16 Å². The number of para-hydroxylation sites is 1. The van der Waals surface area contributed by atoms with E-state index in [1.165, 1.54) is 23.1 Å². The third-order valence-corrected chi connectivity index (χ3v) is 7.17. The number of amides is 1. The van der Waals surface area contributed by atoms with E-state index in [0.717, 1.165) is 16.0 Å². The fourth-order valence-corrected chi connectivity index (χ4v) is 5.20. The molecule has 0 radical (unpaired) electrons. The number of benzene rings is 2. The third-order valence-electron chi connectivity index (χ3n) is 5.09. The summed E-state index contributed by atoms with van der Waals surface area (Å²) in [6.07, 6.45) is 0. The van der Waals surface area contributed by atoms with Crippen molar-refractivity contribution in [3.8, 4) is 6.07 Å². The number of carbonyl (C=O) groups is 1. The SMILES string of the molecule is Cc1sc2nc(SCC(=O)Nc3ccccc3C#N)n(Cc3ccccc3)c(=O)c2c1C. The maximum atomic E-state index is 13.4. The van der Waals surface area contributed by atoms with E-state index in [1.807, 2.05) is 44.2 Å². The second-order valence-electron chi connectivity index (χ2n) is 7.23. The maximum absolute atomic E-state index is 13.4. The van der Waals surface area contributed by atoms with Crippen LogP contribution in [-0.2, 0) is 11.3 Å². The van der Waals surface area contributed by atoms with E-state index < -0.39 is 0 Å². The number of anilines is 1. The number of hydrogen-bond acceptors (Lipinski definition) is 6. The first-order valence-electron chi connectivity index (χ1n) is 9.94. The third kappa shape index (κ3) is 4.44. The van der Waals surface area contributed by atoms with Crippen LogP contribution >= 0.6 is 23.1 Å². The molecular formula is C24H20N4O2S2. The number of fused-ring (bicyclic) bond motifs is 1. The Morgan fingerprint density at radius 1 is 1.16 bits per heavy atom. The molecule has 0 aliphatic heterocycles. The quantitative estimate of drug-likeness (QED) is 0.332. The highest BCUT2D eigenvalue weighted by molar-refractivity contribution is 7.99. The minimum atomic E-state index is -0.267. The van der Waals surface area contributed by atoms with Crippen molar-refractivity contribution in [3.05, 3.63) is 86.5 Å². The lowest BCUT2D eigenvalue weighted by Crippen LogP contribution is -2.24. The van der Waals surface area contributed by atoms with Crippen molar-refractivity contribution in [2.75, 3.05) is 11.1 Å². The number of hydrogen-bond donors (Lipinski definition) is 1. The van der Waals surface area contributed by atoms with Gasteiger partial charge in [-0.1, -0.05) is 54.2 Å². The number of aromatic nitrogens is 2. The van der Waals surface area contributed by atoms with Gasteiger partial charge in [-0.25, -0.2) is 4.98 Å². The molecule has 4 rings (SSSR count). The molecule has 4 aromatic rings. The Labute approximate surface area is 193 Å². The minimum absolute atomic E-state index is 0.0653. The second-order valence-corrected chi connectivity index (χ2v) is 9.37. The first-order chi connectivity index (χ1) is 15.5. The summed E-state index contributed by atoms with van der Waals surface area (Å²) in [5.41, 5.74) is 2.70. The maximum Gasteiger partial charge on any atom is 0.263 e. The second kappa shape index (κ2) is 9.39. The first-order valence-corrected chi connectivity index (χ1v) is 11.7. The van der Waals surface area contributed by atoms with Gasteiger partial charge in [-0.15, -0.1) is 11.3 Å². The molecule has 0 aliphatic rings. The predicted octanol–water partition coefficient (Wildman–Crippen LogP) is 4.73. The number of nitrogens with zero attached hydrogens (tertiary/aromatic N) is 3. The molecule has 32 heavy (non-hydrogen) atoms. The molecule has 0 unspecified atom stereocenters. The van der Waals surface area contributed by atoms with Crippen LogP contribution in [0.4, 0.5) is 5.69 Å². The summed E-state index contributed by atoms with van der Waals surface area (Å²) in [6.45, 7) is 4.30. The molecule has 2 aromatic heterocycles. The van der Waals surface area contributed by atoms with Crippen LogP contribution < -0.4 is 10.9 Å². The number of rotatable bonds is 6. The topological polar surface area (TPSA) is 87.8 Å². The molecule has 1 N–H and O–H groups in total. The van der Waals surface area contributed by atoms with Gasteiger partial charge in [0.05, 0.1) is 28.9 Å². The number of carbonyl (C=O) groups excluding carboxylic acids is 1. The zero-order chi connectivity index (χ0) is 22.7. The highest BCUT2D eigenvalue weighted by Crippen LogP contribution is 2.29. The van der Waals surface area contributed by atoms with Crippen molar-refractivity contribution in [2.45, 2.75) is 25.5 Å². The van der Waals surface area contributed by atoms with Crippen molar-refractivity contribution < 1.29 is 4.79 Å². The van der Waals surface area contributed by atoms with Crippen LogP contribution in [0.3, 0.4) is 0 Å². The van der Waals surface area contributed by atoms with Crippen molar-refractivity contribution in [1.82, 2.24) is 9.55 Å². The van der Waals surface area contributed by atoms with E-state index in [4.69, 9.17) is 4.98 Å². The minimum Gasteiger partial charge on any atom is -0.324 e. The smallest absolute Gasteiger partial charge is 0.263 e. The van der Waals surface area contributed by atoms with Crippen LogP contribution in [0.5, 0.6) is 0 Å². The van der Waals surface area contributed by atoms with Gasteiger partial charge in [0.25, 0.3) is 5.56 Å². The van der Waals surface area contributed by atoms with Gasteiger partial charge in [0, 0.05) is 4.88 Å². The summed E-state index contributed by atoms with van der Waals surface area (Å²) in [7, 11) is 0. The molecule has 0 fully saturated rings. The van der Waals surface area contributed by atoms with E-state index in [-0.39, 0.29) is 17.2 Å². The Balaban J connectivity index is 1.65. The Hall–Kier alpha value is -3.41. The lowest BCUT2D eigenvalue weighted by atomic mass is 10.2. The largest absolute Gasteiger partial charge is 0.324 e. The van der Waals surface area contributed by atoms with Crippen LogP contribution in [0.25, 0.3) is 10.2 Å². The fourth-order valence-electron chi connectivity index (χ4n) is 3.33. The summed E-state index contributed by atoms with van der Waals surface area (Å²) >= 11 is 2.70. The summed E-state index contributed by atoms with van der Waals surface area (Å²) < 4.78 is 1.64. The average molecular weight is 461 g/mol.